The smallest absolute Gasteiger partial charge is 0.393 e. The van der Waals surface area contributed by atoms with Crippen LogP contribution < -0.4 is 0 Å². The van der Waals surface area contributed by atoms with Crippen LogP contribution in [0, 0.1) is 5.82 Å². The van der Waals surface area contributed by atoms with Gasteiger partial charge in [0, 0.05) is 17.9 Å². The molecule has 2 aromatic rings. The van der Waals surface area contributed by atoms with Crippen molar-refractivity contribution in [1.82, 2.24) is 0 Å². The fourth-order valence-electron chi connectivity index (χ4n) is 6.04. The molecule has 226 valence electrons. The minimum absolute atomic E-state index is 0.0604. The number of alkyl halides is 6. The van der Waals surface area contributed by atoms with Crippen molar-refractivity contribution in [3.05, 3.63) is 70.5 Å². The molecule has 0 saturated heterocycles. The van der Waals surface area contributed by atoms with Gasteiger partial charge in [0.05, 0.1) is 5.41 Å². The summed E-state index contributed by atoms with van der Waals surface area (Å²) in [7, 11) is -3.59. The molecule has 2 aromatic carbocycles. The van der Waals surface area contributed by atoms with Crippen LogP contribution in [0.1, 0.15) is 93.9 Å². The Bertz CT molecular complexity index is 1270. The Morgan fingerprint density at radius 2 is 1.41 bits per heavy atom. The molecule has 0 unspecified atom stereocenters. The molecule has 41 heavy (non-hydrogen) atoms. The van der Waals surface area contributed by atoms with Crippen LogP contribution in [0.15, 0.2) is 42.5 Å². The first-order valence-corrected chi connectivity index (χ1v) is 16.8. The van der Waals surface area contributed by atoms with Gasteiger partial charge in [-0.05, 0) is 66.6 Å². The van der Waals surface area contributed by atoms with Crippen molar-refractivity contribution in [1.29, 1.82) is 0 Å². The van der Waals surface area contributed by atoms with Crippen LogP contribution in [0.4, 0.5) is 30.7 Å². The van der Waals surface area contributed by atoms with Gasteiger partial charge in [-0.1, -0.05) is 70.0 Å². The molecule has 2 aliphatic rings. The summed E-state index contributed by atoms with van der Waals surface area (Å²) in [5.41, 5.74) is -5.04. The van der Waals surface area contributed by atoms with Crippen molar-refractivity contribution < 1.29 is 40.0 Å². The van der Waals surface area contributed by atoms with E-state index in [1.54, 1.807) is 39.8 Å². The summed E-state index contributed by atoms with van der Waals surface area (Å²) in [6.07, 6.45) is -7.79. The fourth-order valence-corrected chi connectivity index (χ4v) is 7.46. The first kappa shape index (κ1) is 31.7. The monoisotopic (exact) mass is 602 g/mol. The maximum atomic E-state index is 14.7. The lowest BCUT2D eigenvalue weighted by atomic mass is 9.54. The van der Waals surface area contributed by atoms with E-state index >= 15 is 0 Å². The van der Waals surface area contributed by atoms with Crippen molar-refractivity contribution in [2.45, 2.75) is 113 Å². The van der Waals surface area contributed by atoms with E-state index in [4.69, 9.17) is 4.43 Å². The Morgan fingerprint density at radius 3 is 1.88 bits per heavy atom. The molecule has 2 fully saturated rings. The Hall–Kier alpha value is -2.20. The van der Waals surface area contributed by atoms with Gasteiger partial charge in [-0.15, -0.1) is 0 Å². The molecule has 4 rings (SSSR count). The van der Waals surface area contributed by atoms with E-state index in [0.29, 0.717) is 16.7 Å². The molecular formula is C31H37F7O2Si. The second-order valence-corrected chi connectivity index (χ2v) is 18.0. The molecule has 0 N–H and O–H groups in total. The number of Topliss-reactive ketones (excluding diaryl/α,β-unsaturated/α-hetero) is 1. The molecule has 0 amide bonds. The first-order valence-electron chi connectivity index (χ1n) is 13.9. The summed E-state index contributed by atoms with van der Waals surface area (Å²) in [6.45, 7) is 9.12. The lowest BCUT2D eigenvalue weighted by Gasteiger charge is -2.47. The lowest BCUT2D eigenvalue weighted by Crippen LogP contribution is -2.62. The fraction of sp³-hybridized carbons (Fsp3) is 0.581. The Morgan fingerprint density at radius 1 is 0.878 bits per heavy atom. The molecular weight excluding hydrogens is 565 g/mol. The number of carbonyl (C=O) groups excluding carboxylic acids is 1. The van der Waals surface area contributed by atoms with E-state index in [2.05, 4.69) is 0 Å². The predicted molar refractivity (Wildman–Crippen MR) is 146 cm³/mol. The number of benzene rings is 2. The van der Waals surface area contributed by atoms with Crippen molar-refractivity contribution in [3.63, 3.8) is 0 Å². The predicted octanol–water partition coefficient (Wildman–Crippen LogP) is 9.84. The molecule has 0 bridgehead atoms. The number of hydrogen-bond acceptors (Lipinski definition) is 2. The number of hydrogen-bond donors (Lipinski definition) is 0. The third-order valence-corrected chi connectivity index (χ3v) is 14.2. The minimum atomic E-state index is -5.78. The lowest BCUT2D eigenvalue weighted by molar-refractivity contribution is -0.369. The number of carbonyl (C=O) groups is 1. The Labute approximate surface area is 237 Å². The summed E-state index contributed by atoms with van der Waals surface area (Å²) < 4.78 is 107. The van der Waals surface area contributed by atoms with Crippen LogP contribution in [0.2, 0.25) is 18.1 Å². The summed E-state index contributed by atoms with van der Waals surface area (Å²) >= 11 is 0. The van der Waals surface area contributed by atoms with Crippen molar-refractivity contribution in [2.24, 2.45) is 0 Å². The molecule has 2 aliphatic carbocycles. The summed E-state index contributed by atoms with van der Waals surface area (Å²) in [4.78, 5) is 13.0. The van der Waals surface area contributed by atoms with Crippen LogP contribution in [-0.4, -0.2) is 26.5 Å². The number of rotatable bonds is 6. The second kappa shape index (κ2) is 10.2. The van der Waals surface area contributed by atoms with E-state index < -0.39 is 48.2 Å². The van der Waals surface area contributed by atoms with Crippen LogP contribution in [0.25, 0.3) is 0 Å². The van der Waals surface area contributed by atoms with Crippen molar-refractivity contribution >= 4 is 14.1 Å². The molecule has 2 atom stereocenters. The molecule has 0 spiro atoms. The van der Waals surface area contributed by atoms with Gasteiger partial charge in [0.25, 0.3) is 5.60 Å². The Balaban J connectivity index is 1.75. The van der Waals surface area contributed by atoms with Gasteiger partial charge in [-0.25, -0.2) is 4.39 Å². The maximum absolute atomic E-state index is 14.7. The topological polar surface area (TPSA) is 26.3 Å². The molecule has 10 heteroatoms. The van der Waals surface area contributed by atoms with E-state index in [1.807, 2.05) is 0 Å². The van der Waals surface area contributed by atoms with Gasteiger partial charge in [-0.2, -0.15) is 26.3 Å². The average Bonchev–Trinajstić information content (AvgIpc) is 3.38. The molecule has 0 aliphatic heterocycles. The van der Waals surface area contributed by atoms with Gasteiger partial charge in [0.15, 0.2) is 8.32 Å². The highest BCUT2D eigenvalue weighted by Gasteiger charge is 2.75. The highest BCUT2D eigenvalue weighted by molar-refractivity contribution is 6.74. The minimum Gasteiger partial charge on any atom is -0.393 e. The van der Waals surface area contributed by atoms with Gasteiger partial charge >= 0.3 is 12.4 Å². The van der Waals surface area contributed by atoms with Gasteiger partial charge in [0.1, 0.15) is 11.6 Å². The normalized spacial score (nSPS) is 23.1. The van der Waals surface area contributed by atoms with Crippen LogP contribution in [0.3, 0.4) is 0 Å². The third kappa shape index (κ3) is 5.17. The molecule has 0 aromatic heterocycles. The average molecular weight is 603 g/mol. The van der Waals surface area contributed by atoms with Gasteiger partial charge in [-0.3, -0.25) is 4.79 Å². The number of ketones is 1. The first-order chi connectivity index (χ1) is 18.7. The third-order valence-electron chi connectivity index (χ3n) is 9.79. The maximum Gasteiger partial charge on any atom is 0.429 e. The Kier molecular flexibility index (Phi) is 7.90. The highest BCUT2D eigenvalue weighted by atomic mass is 28.4. The quantitative estimate of drug-likeness (QED) is 0.243. The standard InChI is InChI=1S/C31H37F7O2Si/c1-27(2,3)41(5,6)40-29(30(33,34)35,31(36,37)38)21-13-11-20(12-14-21)24-18-26(39)28(24,4)22-15-16-25(32)23(17-22)19-9-7-8-10-19/h11-17,19,24H,7-10,18H2,1-6H3/t24-,28+/m0/s1. The molecule has 2 nitrogen and oxygen atoms in total. The molecule has 2 saturated carbocycles. The highest BCUT2D eigenvalue weighted by Crippen LogP contribution is 2.57. The molecule has 0 radical (unpaired) electrons. The summed E-state index contributed by atoms with van der Waals surface area (Å²) in [6, 6.07) is 8.72. The van der Waals surface area contributed by atoms with E-state index in [0.717, 1.165) is 37.8 Å². The summed E-state index contributed by atoms with van der Waals surface area (Å²) in [5, 5.41) is -0.921. The molecule has 0 heterocycles. The number of halogens is 7. The summed E-state index contributed by atoms with van der Waals surface area (Å²) in [5.74, 6) is -0.880. The SMILES string of the molecule is CC(C)(C)[Si](C)(C)OC(c1ccc([C@@H]2CC(=O)[C@]2(C)c2ccc(F)c(C3CCCC3)c2)cc1)(C(F)(F)F)C(F)(F)F. The largest absolute Gasteiger partial charge is 0.429 e. The van der Waals surface area contributed by atoms with Crippen LogP contribution in [0.5, 0.6) is 0 Å². The van der Waals surface area contributed by atoms with Gasteiger partial charge in [0.2, 0.25) is 0 Å². The second-order valence-electron chi connectivity index (χ2n) is 13.3. The van der Waals surface area contributed by atoms with Crippen molar-refractivity contribution in [3.8, 4) is 0 Å². The zero-order valence-corrected chi connectivity index (χ0v) is 25.2. The van der Waals surface area contributed by atoms with Gasteiger partial charge < -0.3 is 4.43 Å². The van der Waals surface area contributed by atoms with E-state index in [1.165, 1.54) is 31.3 Å². The van der Waals surface area contributed by atoms with Crippen molar-refractivity contribution in [2.75, 3.05) is 0 Å². The van der Waals surface area contributed by atoms with E-state index in [9.17, 15) is 35.5 Å². The van der Waals surface area contributed by atoms with Crippen LogP contribution >= 0.6 is 0 Å². The zero-order chi connectivity index (χ0) is 30.8. The van der Waals surface area contributed by atoms with E-state index in [-0.39, 0.29) is 23.9 Å². The zero-order valence-electron chi connectivity index (χ0n) is 24.2. The van der Waals surface area contributed by atoms with Crippen LogP contribution in [-0.2, 0) is 20.2 Å².